The summed E-state index contributed by atoms with van der Waals surface area (Å²) in [5.41, 5.74) is 0. The number of alkyl halides is 3. The standard InChI is InChI=1S/C7H14F3NO2S2/c8-7(9,10)5-11-15(12,13)6-14-3-1-2-4-14/h11,14H,1-6H2. The van der Waals surface area contributed by atoms with Crippen LogP contribution in [0.1, 0.15) is 12.8 Å². The van der Waals surface area contributed by atoms with E-state index in [1.807, 2.05) is 0 Å². The zero-order valence-electron chi connectivity index (χ0n) is 8.05. The maximum Gasteiger partial charge on any atom is 0.402 e. The van der Waals surface area contributed by atoms with E-state index in [9.17, 15) is 21.6 Å². The molecule has 1 heterocycles. The molecule has 0 aromatic carbocycles. The second-order valence-electron chi connectivity index (χ2n) is 3.51. The summed E-state index contributed by atoms with van der Waals surface area (Å²) >= 11 is 0. The Morgan fingerprint density at radius 3 is 2.20 bits per heavy atom. The van der Waals surface area contributed by atoms with Crippen LogP contribution in [0, 0.1) is 0 Å². The van der Waals surface area contributed by atoms with Gasteiger partial charge in [-0.25, -0.2) is 24.0 Å². The van der Waals surface area contributed by atoms with Gasteiger partial charge in [0.25, 0.3) is 0 Å². The number of halogens is 3. The second-order valence-corrected chi connectivity index (χ2v) is 8.29. The Labute approximate surface area is 89.8 Å². The van der Waals surface area contributed by atoms with Gasteiger partial charge in [0.05, 0.1) is 5.08 Å². The van der Waals surface area contributed by atoms with Gasteiger partial charge in [-0.05, 0) is 24.3 Å². The van der Waals surface area contributed by atoms with Crippen molar-refractivity contribution in [1.29, 1.82) is 0 Å². The molecule has 1 fully saturated rings. The molecule has 3 nitrogen and oxygen atoms in total. The van der Waals surface area contributed by atoms with Crippen molar-refractivity contribution in [2.45, 2.75) is 19.0 Å². The Kier molecular flexibility index (Phi) is 4.30. The minimum Gasteiger partial charge on any atom is -0.239 e. The van der Waals surface area contributed by atoms with Crippen LogP contribution >= 0.6 is 10.9 Å². The molecule has 92 valence electrons. The highest BCUT2D eigenvalue weighted by Crippen LogP contribution is 2.35. The molecule has 1 aliphatic rings. The third kappa shape index (κ3) is 5.62. The van der Waals surface area contributed by atoms with Gasteiger partial charge in [-0.1, -0.05) is 0 Å². The van der Waals surface area contributed by atoms with Gasteiger partial charge in [0.2, 0.25) is 10.0 Å². The Morgan fingerprint density at radius 1 is 1.20 bits per heavy atom. The summed E-state index contributed by atoms with van der Waals surface area (Å²) in [6.45, 7) is -1.46. The van der Waals surface area contributed by atoms with Crippen LogP contribution in [0.4, 0.5) is 13.2 Å². The third-order valence-electron chi connectivity index (χ3n) is 2.04. The lowest BCUT2D eigenvalue weighted by molar-refractivity contribution is -0.121. The molecule has 1 rings (SSSR count). The van der Waals surface area contributed by atoms with Crippen molar-refractivity contribution < 1.29 is 21.6 Å². The molecule has 0 atom stereocenters. The molecule has 0 aromatic heterocycles. The lowest BCUT2D eigenvalue weighted by Crippen LogP contribution is -2.35. The quantitative estimate of drug-likeness (QED) is 0.751. The van der Waals surface area contributed by atoms with Crippen LogP contribution in [0.2, 0.25) is 0 Å². The average Bonchev–Trinajstić information content (AvgIpc) is 2.52. The van der Waals surface area contributed by atoms with Crippen molar-refractivity contribution in [2.24, 2.45) is 0 Å². The number of rotatable bonds is 4. The number of thiol groups is 1. The molecule has 0 aromatic rings. The highest BCUT2D eigenvalue weighted by molar-refractivity contribution is 8.24. The molecular formula is C7H14F3NO2S2. The van der Waals surface area contributed by atoms with Crippen LogP contribution < -0.4 is 4.72 Å². The van der Waals surface area contributed by atoms with Gasteiger partial charge >= 0.3 is 6.18 Å². The lowest BCUT2D eigenvalue weighted by atomic mass is 10.4. The fourth-order valence-electron chi connectivity index (χ4n) is 1.39. The molecule has 0 bridgehead atoms. The fourth-order valence-corrected chi connectivity index (χ4v) is 6.66. The SMILES string of the molecule is O=S(=O)(C[SH]1CCCC1)NCC(F)(F)F. The van der Waals surface area contributed by atoms with Gasteiger partial charge in [-0.15, -0.1) is 0 Å². The molecule has 1 aliphatic heterocycles. The van der Waals surface area contributed by atoms with Crippen LogP contribution in [-0.4, -0.2) is 37.7 Å². The molecule has 1 saturated heterocycles. The van der Waals surface area contributed by atoms with Crippen molar-refractivity contribution in [3.63, 3.8) is 0 Å². The highest BCUT2D eigenvalue weighted by Gasteiger charge is 2.30. The maximum absolute atomic E-state index is 11.8. The Morgan fingerprint density at radius 2 is 1.73 bits per heavy atom. The molecule has 0 saturated carbocycles. The van der Waals surface area contributed by atoms with Crippen molar-refractivity contribution in [3.05, 3.63) is 0 Å². The lowest BCUT2D eigenvalue weighted by Gasteiger charge is -2.15. The Hall–Kier alpha value is 0.0500. The van der Waals surface area contributed by atoms with Gasteiger partial charge in [0, 0.05) is 0 Å². The van der Waals surface area contributed by atoms with E-state index in [2.05, 4.69) is 0 Å². The molecule has 0 radical (unpaired) electrons. The first-order valence-electron chi connectivity index (χ1n) is 4.55. The van der Waals surface area contributed by atoms with Crippen molar-refractivity contribution in [1.82, 2.24) is 4.72 Å². The first-order valence-corrected chi connectivity index (χ1v) is 8.10. The zero-order chi connectivity index (χ0) is 11.5. The summed E-state index contributed by atoms with van der Waals surface area (Å²) in [4.78, 5) is 0. The molecular weight excluding hydrogens is 251 g/mol. The van der Waals surface area contributed by atoms with Crippen LogP contribution in [0.3, 0.4) is 0 Å². The van der Waals surface area contributed by atoms with Gasteiger partial charge in [-0.3, -0.25) is 0 Å². The molecule has 0 unspecified atom stereocenters. The van der Waals surface area contributed by atoms with E-state index in [0.717, 1.165) is 24.3 Å². The van der Waals surface area contributed by atoms with Crippen molar-refractivity contribution in [2.75, 3.05) is 23.1 Å². The minimum absolute atomic E-state index is 0.113. The predicted octanol–water partition coefficient (Wildman–Crippen LogP) is 1.22. The van der Waals surface area contributed by atoms with Crippen molar-refractivity contribution >= 4 is 20.9 Å². The van der Waals surface area contributed by atoms with Crippen LogP contribution in [0.5, 0.6) is 0 Å². The first-order chi connectivity index (χ1) is 6.79. The summed E-state index contributed by atoms with van der Waals surface area (Å²) in [5, 5.41) is -0.113. The molecule has 0 spiro atoms. The van der Waals surface area contributed by atoms with E-state index >= 15 is 0 Å². The number of nitrogens with one attached hydrogen (secondary N) is 1. The van der Waals surface area contributed by atoms with E-state index in [0.29, 0.717) is 0 Å². The number of hydrogen-bond donors (Lipinski definition) is 2. The monoisotopic (exact) mass is 265 g/mol. The minimum atomic E-state index is -4.48. The molecule has 0 amide bonds. The van der Waals surface area contributed by atoms with Crippen LogP contribution in [-0.2, 0) is 10.0 Å². The smallest absolute Gasteiger partial charge is 0.239 e. The first kappa shape index (κ1) is 13.1. The summed E-state index contributed by atoms with van der Waals surface area (Å²) in [5.74, 6) is 1.73. The zero-order valence-corrected chi connectivity index (χ0v) is 9.76. The Bertz CT molecular complexity index is 296. The summed E-state index contributed by atoms with van der Waals surface area (Å²) in [7, 11) is -4.34. The maximum atomic E-state index is 11.8. The van der Waals surface area contributed by atoms with Gasteiger partial charge in [0.15, 0.2) is 0 Å². The van der Waals surface area contributed by atoms with Crippen molar-refractivity contribution in [3.8, 4) is 0 Å². The number of hydrogen-bond acceptors (Lipinski definition) is 2. The normalized spacial score (nSPS) is 20.9. The van der Waals surface area contributed by atoms with Crippen LogP contribution in [0.15, 0.2) is 0 Å². The van der Waals surface area contributed by atoms with E-state index in [4.69, 9.17) is 0 Å². The highest BCUT2D eigenvalue weighted by atomic mass is 32.3. The summed E-state index contributed by atoms with van der Waals surface area (Å²) in [6, 6.07) is 0. The molecule has 15 heavy (non-hydrogen) atoms. The van der Waals surface area contributed by atoms with Crippen LogP contribution in [0.25, 0.3) is 0 Å². The third-order valence-corrected chi connectivity index (χ3v) is 7.35. The van der Waals surface area contributed by atoms with E-state index in [1.165, 1.54) is 0 Å². The second kappa shape index (κ2) is 4.92. The number of sulfonamides is 1. The Balaban J connectivity index is 2.38. The van der Waals surface area contributed by atoms with Gasteiger partial charge < -0.3 is 0 Å². The average molecular weight is 265 g/mol. The van der Waals surface area contributed by atoms with E-state index in [1.54, 1.807) is 4.72 Å². The van der Waals surface area contributed by atoms with E-state index < -0.39 is 33.6 Å². The van der Waals surface area contributed by atoms with E-state index in [-0.39, 0.29) is 5.08 Å². The fraction of sp³-hybridized carbons (Fsp3) is 1.00. The molecule has 1 N–H and O–H groups in total. The topological polar surface area (TPSA) is 46.2 Å². The molecule has 8 heteroatoms. The molecule has 0 aliphatic carbocycles. The summed E-state index contributed by atoms with van der Waals surface area (Å²) < 4.78 is 59.4. The summed E-state index contributed by atoms with van der Waals surface area (Å²) in [6.07, 6.45) is -2.48. The largest absolute Gasteiger partial charge is 0.402 e. The van der Waals surface area contributed by atoms with Gasteiger partial charge in [0.1, 0.15) is 6.54 Å². The van der Waals surface area contributed by atoms with Gasteiger partial charge in [-0.2, -0.15) is 13.2 Å². The predicted molar refractivity (Wildman–Crippen MR) is 55.8 cm³/mol.